The fraction of sp³-hybridized carbons (Fsp3) is 0.176. The molecule has 0 fully saturated rings. The molecule has 3 rings (SSSR count). The number of para-hydroxylation sites is 1. The third-order valence-electron chi connectivity index (χ3n) is 3.36. The molecule has 1 aliphatic heterocycles. The molecule has 0 saturated heterocycles. The van der Waals surface area contributed by atoms with Crippen LogP contribution in [0.2, 0.25) is 0 Å². The van der Waals surface area contributed by atoms with E-state index in [1.165, 1.54) is 0 Å². The highest BCUT2D eigenvalue weighted by Crippen LogP contribution is 2.32. The molecule has 2 N–H and O–H groups in total. The second-order valence-corrected chi connectivity index (χ2v) is 5.35. The highest BCUT2D eigenvalue weighted by molar-refractivity contribution is 6.09. The number of aryl methyl sites for hydroxylation is 2. The van der Waals surface area contributed by atoms with Gasteiger partial charge in [0.1, 0.15) is 0 Å². The van der Waals surface area contributed by atoms with Crippen LogP contribution in [0.4, 0.5) is 11.4 Å². The average Bonchev–Trinajstić information content (AvgIpc) is 2.45. The molecule has 0 aliphatic carbocycles. The van der Waals surface area contributed by atoms with Crippen LogP contribution in [0.15, 0.2) is 36.4 Å². The molecule has 1 heterocycles. The minimum Gasteiger partial charge on any atom is -0.481 e. The maximum absolute atomic E-state index is 12.5. The Bertz CT molecular complexity index is 748. The lowest BCUT2D eigenvalue weighted by Gasteiger charge is -2.20. The molecule has 0 aromatic heterocycles. The van der Waals surface area contributed by atoms with E-state index < -0.39 is 0 Å². The molecule has 0 unspecified atom stereocenters. The van der Waals surface area contributed by atoms with Gasteiger partial charge < -0.3 is 15.4 Å². The molecule has 22 heavy (non-hydrogen) atoms. The summed E-state index contributed by atoms with van der Waals surface area (Å²) < 4.78 is 5.40. The minimum absolute atomic E-state index is 0.0825. The Labute approximate surface area is 128 Å². The zero-order chi connectivity index (χ0) is 15.7. The molecule has 0 bridgehead atoms. The van der Waals surface area contributed by atoms with Crippen molar-refractivity contribution in [1.29, 1.82) is 0 Å². The molecular formula is C17H16N2O3. The lowest BCUT2D eigenvalue weighted by molar-refractivity contribution is -0.118. The Balaban J connectivity index is 1.90. The summed E-state index contributed by atoms with van der Waals surface area (Å²) in [5, 5.41) is 5.56. The van der Waals surface area contributed by atoms with Gasteiger partial charge in [0.15, 0.2) is 12.4 Å². The summed E-state index contributed by atoms with van der Waals surface area (Å²) in [6.07, 6.45) is 0. The average molecular weight is 296 g/mol. The van der Waals surface area contributed by atoms with Crippen LogP contribution in [0.5, 0.6) is 5.75 Å². The van der Waals surface area contributed by atoms with Crippen molar-refractivity contribution < 1.29 is 14.3 Å². The Hall–Kier alpha value is -2.82. The summed E-state index contributed by atoms with van der Waals surface area (Å²) in [6, 6.07) is 10.9. The van der Waals surface area contributed by atoms with Crippen molar-refractivity contribution in [3.05, 3.63) is 53.1 Å². The standard InChI is InChI=1S/C17H16N2O3/c1-10-6-11(2)8-12(7-10)18-17(21)13-4-3-5-14-16(13)22-9-15(20)19-14/h3-8H,9H2,1-2H3,(H,18,21)(H,19,20). The largest absolute Gasteiger partial charge is 0.481 e. The second kappa shape index (κ2) is 5.52. The summed E-state index contributed by atoms with van der Waals surface area (Å²) in [7, 11) is 0. The zero-order valence-corrected chi connectivity index (χ0v) is 12.4. The van der Waals surface area contributed by atoms with E-state index in [2.05, 4.69) is 10.6 Å². The molecule has 0 atom stereocenters. The smallest absolute Gasteiger partial charge is 0.262 e. The Morgan fingerprint density at radius 1 is 1.18 bits per heavy atom. The van der Waals surface area contributed by atoms with Crippen LogP contribution in [-0.2, 0) is 4.79 Å². The molecule has 0 saturated carbocycles. The second-order valence-electron chi connectivity index (χ2n) is 5.35. The first-order valence-corrected chi connectivity index (χ1v) is 6.98. The van der Waals surface area contributed by atoms with Gasteiger partial charge in [-0.25, -0.2) is 0 Å². The van der Waals surface area contributed by atoms with Crippen LogP contribution < -0.4 is 15.4 Å². The third kappa shape index (κ3) is 2.79. The van der Waals surface area contributed by atoms with Crippen molar-refractivity contribution >= 4 is 23.2 Å². The summed E-state index contributed by atoms with van der Waals surface area (Å²) in [6.45, 7) is 3.87. The van der Waals surface area contributed by atoms with Crippen molar-refractivity contribution in [3.8, 4) is 5.75 Å². The molecule has 2 aromatic carbocycles. The van der Waals surface area contributed by atoms with Gasteiger partial charge in [0.2, 0.25) is 0 Å². The Morgan fingerprint density at radius 3 is 2.64 bits per heavy atom. The van der Waals surface area contributed by atoms with Gasteiger partial charge in [-0.3, -0.25) is 9.59 Å². The first kappa shape index (κ1) is 14.1. The van der Waals surface area contributed by atoms with Crippen molar-refractivity contribution in [2.45, 2.75) is 13.8 Å². The lowest BCUT2D eigenvalue weighted by atomic mass is 10.1. The van der Waals surface area contributed by atoms with E-state index in [0.717, 1.165) is 16.8 Å². The molecule has 5 nitrogen and oxygen atoms in total. The highest BCUT2D eigenvalue weighted by atomic mass is 16.5. The molecule has 1 aliphatic rings. The van der Waals surface area contributed by atoms with Gasteiger partial charge >= 0.3 is 0 Å². The number of ether oxygens (including phenoxy) is 1. The van der Waals surface area contributed by atoms with E-state index >= 15 is 0 Å². The zero-order valence-electron chi connectivity index (χ0n) is 12.4. The number of amides is 2. The molecule has 2 amide bonds. The van der Waals surface area contributed by atoms with Crippen molar-refractivity contribution in [2.75, 3.05) is 17.2 Å². The van der Waals surface area contributed by atoms with Gasteiger partial charge in [-0.1, -0.05) is 12.1 Å². The maximum Gasteiger partial charge on any atom is 0.262 e. The van der Waals surface area contributed by atoms with Crippen molar-refractivity contribution in [2.24, 2.45) is 0 Å². The number of hydrogen-bond acceptors (Lipinski definition) is 3. The number of carbonyl (C=O) groups is 2. The normalized spacial score (nSPS) is 12.9. The van der Waals surface area contributed by atoms with Gasteiger partial charge in [-0.15, -0.1) is 0 Å². The number of benzene rings is 2. The van der Waals surface area contributed by atoms with Crippen LogP contribution in [-0.4, -0.2) is 18.4 Å². The number of anilines is 2. The van der Waals surface area contributed by atoms with Crippen LogP contribution in [0.3, 0.4) is 0 Å². The van der Waals surface area contributed by atoms with E-state index in [4.69, 9.17) is 4.74 Å². The molecule has 5 heteroatoms. The summed E-state index contributed by atoms with van der Waals surface area (Å²) in [5.41, 5.74) is 3.81. The molecule has 2 aromatic rings. The van der Waals surface area contributed by atoms with E-state index in [9.17, 15) is 9.59 Å². The molecular weight excluding hydrogens is 280 g/mol. The summed E-state index contributed by atoms with van der Waals surface area (Å²) in [4.78, 5) is 23.8. The first-order valence-electron chi connectivity index (χ1n) is 6.98. The number of hydrogen-bond donors (Lipinski definition) is 2. The summed E-state index contributed by atoms with van der Waals surface area (Å²) in [5.74, 6) is -0.0821. The van der Waals surface area contributed by atoms with Gasteiger partial charge in [0.05, 0.1) is 11.3 Å². The molecule has 0 radical (unpaired) electrons. The lowest BCUT2D eigenvalue weighted by Crippen LogP contribution is -2.27. The minimum atomic E-state index is -0.266. The van der Waals surface area contributed by atoms with E-state index in [1.807, 2.05) is 32.0 Å². The van der Waals surface area contributed by atoms with E-state index in [-0.39, 0.29) is 18.4 Å². The van der Waals surface area contributed by atoms with Crippen LogP contribution >= 0.6 is 0 Å². The fourth-order valence-electron chi connectivity index (χ4n) is 2.54. The summed E-state index contributed by atoms with van der Waals surface area (Å²) >= 11 is 0. The van der Waals surface area contributed by atoms with Gasteiger partial charge in [-0.2, -0.15) is 0 Å². The molecule has 112 valence electrons. The van der Waals surface area contributed by atoms with Crippen LogP contribution in [0.25, 0.3) is 0 Å². The predicted octanol–water partition coefficient (Wildman–Crippen LogP) is 2.89. The quantitative estimate of drug-likeness (QED) is 0.895. The predicted molar refractivity (Wildman–Crippen MR) is 84.4 cm³/mol. The Morgan fingerprint density at radius 2 is 1.91 bits per heavy atom. The monoisotopic (exact) mass is 296 g/mol. The molecule has 0 spiro atoms. The highest BCUT2D eigenvalue weighted by Gasteiger charge is 2.22. The number of nitrogens with one attached hydrogen (secondary N) is 2. The van der Waals surface area contributed by atoms with Crippen molar-refractivity contribution in [1.82, 2.24) is 0 Å². The van der Waals surface area contributed by atoms with E-state index in [1.54, 1.807) is 18.2 Å². The Kier molecular flexibility index (Phi) is 3.55. The number of carbonyl (C=O) groups excluding carboxylic acids is 2. The van der Waals surface area contributed by atoms with E-state index in [0.29, 0.717) is 17.0 Å². The number of fused-ring (bicyclic) bond motifs is 1. The van der Waals surface area contributed by atoms with Crippen molar-refractivity contribution in [3.63, 3.8) is 0 Å². The van der Waals surface area contributed by atoms with Gasteiger partial charge in [-0.05, 0) is 49.2 Å². The van der Waals surface area contributed by atoms with Crippen LogP contribution in [0, 0.1) is 13.8 Å². The fourth-order valence-corrected chi connectivity index (χ4v) is 2.54. The first-order chi connectivity index (χ1) is 10.5. The SMILES string of the molecule is Cc1cc(C)cc(NC(=O)c2cccc3c2OCC(=O)N3)c1. The maximum atomic E-state index is 12.5. The van der Waals surface area contributed by atoms with Gasteiger partial charge in [0, 0.05) is 5.69 Å². The van der Waals surface area contributed by atoms with Crippen LogP contribution in [0.1, 0.15) is 21.5 Å². The number of rotatable bonds is 2. The topological polar surface area (TPSA) is 67.4 Å². The van der Waals surface area contributed by atoms with Gasteiger partial charge in [0.25, 0.3) is 11.8 Å². The third-order valence-corrected chi connectivity index (χ3v) is 3.36.